The highest BCUT2D eigenvalue weighted by molar-refractivity contribution is 9.10. The van der Waals surface area contributed by atoms with Gasteiger partial charge in [-0.15, -0.1) is 0 Å². The van der Waals surface area contributed by atoms with Crippen LogP contribution in [0.2, 0.25) is 0 Å². The molecule has 0 radical (unpaired) electrons. The molecule has 112 valence electrons. The normalized spacial score (nSPS) is 13.1. The van der Waals surface area contributed by atoms with Crippen LogP contribution in [0.5, 0.6) is 0 Å². The summed E-state index contributed by atoms with van der Waals surface area (Å²) < 4.78 is 27.0. The smallest absolute Gasteiger partial charge is 0.321 e. The third-order valence-electron chi connectivity index (χ3n) is 2.77. The van der Waals surface area contributed by atoms with Gasteiger partial charge in [0.15, 0.2) is 0 Å². The fourth-order valence-electron chi connectivity index (χ4n) is 1.72. The molecule has 0 heterocycles. The number of carboxylic acids is 1. The van der Waals surface area contributed by atoms with Crippen LogP contribution in [-0.4, -0.2) is 25.5 Å². The summed E-state index contributed by atoms with van der Waals surface area (Å²) in [5.41, 5.74) is 0.597. The molecule has 0 saturated heterocycles. The van der Waals surface area contributed by atoms with E-state index >= 15 is 0 Å². The summed E-state index contributed by atoms with van der Waals surface area (Å²) in [4.78, 5) is 11.1. The minimum Gasteiger partial charge on any atom is -0.480 e. The summed E-state index contributed by atoms with van der Waals surface area (Å²) in [6.07, 6.45) is 1.77. The van der Waals surface area contributed by atoms with E-state index in [1.54, 1.807) is 24.3 Å². The Morgan fingerprint density at radius 3 is 2.60 bits per heavy atom. The minimum atomic E-state index is -3.69. The lowest BCUT2D eigenvalue weighted by atomic mass is 10.1. The number of unbranched alkanes of at least 4 members (excludes halogenated alkanes) is 1. The predicted molar refractivity (Wildman–Crippen MR) is 80.9 cm³/mol. The first kappa shape index (κ1) is 17.1. The Bertz CT molecular complexity index is 559. The van der Waals surface area contributed by atoms with Crippen LogP contribution in [0.1, 0.15) is 31.7 Å². The number of hydrogen-bond acceptors (Lipinski definition) is 3. The zero-order chi connectivity index (χ0) is 15.2. The van der Waals surface area contributed by atoms with Gasteiger partial charge in [0.25, 0.3) is 0 Å². The highest BCUT2D eigenvalue weighted by atomic mass is 79.9. The van der Waals surface area contributed by atoms with Crippen LogP contribution in [0.15, 0.2) is 28.7 Å². The molecule has 0 amide bonds. The Labute approximate surface area is 127 Å². The van der Waals surface area contributed by atoms with E-state index in [2.05, 4.69) is 20.7 Å². The molecule has 2 N–H and O–H groups in total. The van der Waals surface area contributed by atoms with Crippen LogP contribution >= 0.6 is 15.9 Å². The quantitative estimate of drug-likeness (QED) is 0.743. The van der Waals surface area contributed by atoms with Gasteiger partial charge in [-0.1, -0.05) is 53.9 Å². The van der Waals surface area contributed by atoms with Crippen molar-refractivity contribution in [2.45, 2.75) is 38.0 Å². The minimum absolute atomic E-state index is 0.246. The van der Waals surface area contributed by atoms with Crippen LogP contribution in [0.3, 0.4) is 0 Å². The third kappa shape index (κ3) is 5.60. The van der Waals surface area contributed by atoms with Crippen molar-refractivity contribution in [1.82, 2.24) is 4.72 Å². The zero-order valence-electron chi connectivity index (χ0n) is 11.2. The van der Waals surface area contributed by atoms with Crippen LogP contribution in [0.4, 0.5) is 0 Å². The number of nitrogens with one attached hydrogen (secondary N) is 1. The topological polar surface area (TPSA) is 83.5 Å². The zero-order valence-corrected chi connectivity index (χ0v) is 13.6. The molecule has 0 aromatic heterocycles. The molecule has 1 aromatic carbocycles. The average Bonchev–Trinajstić information content (AvgIpc) is 2.36. The second kappa shape index (κ2) is 7.75. The molecule has 0 aliphatic rings. The lowest BCUT2D eigenvalue weighted by Crippen LogP contribution is -2.41. The van der Waals surface area contributed by atoms with Crippen molar-refractivity contribution in [3.8, 4) is 0 Å². The lowest BCUT2D eigenvalue weighted by Gasteiger charge is -2.14. The number of hydrogen-bond donors (Lipinski definition) is 2. The third-order valence-corrected chi connectivity index (χ3v) is 4.88. The fourth-order valence-corrected chi connectivity index (χ4v) is 3.73. The Morgan fingerprint density at radius 2 is 2.05 bits per heavy atom. The molecule has 1 rings (SSSR count). The van der Waals surface area contributed by atoms with Gasteiger partial charge in [0, 0.05) is 4.47 Å². The highest BCUT2D eigenvalue weighted by Gasteiger charge is 2.24. The van der Waals surface area contributed by atoms with Crippen molar-refractivity contribution in [1.29, 1.82) is 0 Å². The molecule has 20 heavy (non-hydrogen) atoms. The van der Waals surface area contributed by atoms with Gasteiger partial charge in [0.05, 0.1) is 5.75 Å². The van der Waals surface area contributed by atoms with E-state index < -0.39 is 22.0 Å². The SMILES string of the molecule is CCCCC(NS(=O)(=O)Cc1ccccc1Br)C(=O)O. The van der Waals surface area contributed by atoms with Gasteiger partial charge in [0.1, 0.15) is 6.04 Å². The Kier molecular flexibility index (Phi) is 6.64. The number of carbonyl (C=O) groups is 1. The second-order valence-electron chi connectivity index (χ2n) is 4.50. The maximum Gasteiger partial charge on any atom is 0.321 e. The molecule has 5 nitrogen and oxygen atoms in total. The van der Waals surface area contributed by atoms with Gasteiger partial charge >= 0.3 is 5.97 Å². The van der Waals surface area contributed by atoms with Gasteiger partial charge in [-0.05, 0) is 18.1 Å². The van der Waals surface area contributed by atoms with Gasteiger partial charge in [-0.3, -0.25) is 4.79 Å². The number of benzene rings is 1. The van der Waals surface area contributed by atoms with Crippen molar-refractivity contribution in [3.05, 3.63) is 34.3 Å². The van der Waals surface area contributed by atoms with Crippen molar-refractivity contribution >= 4 is 31.9 Å². The molecule has 7 heteroatoms. The first-order valence-corrected chi connectivity index (χ1v) is 8.76. The molecular formula is C13H18BrNO4S. The molecule has 0 saturated carbocycles. The Morgan fingerprint density at radius 1 is 1.40 bits per heavy atom. The van der Waals surface area contributed by atoms with Crippen LogP contribution < -0.4 is 4.72 Å². The van der Waals surface area contributed by atoms with Crippen LogP contribution in [0, 0.1) is 0 Å². The van der Waals surface area contributed by atoms with Gasteiger partial charge in [-0.25, -0.2) is 13.1 Å². The molecule has 0 fully saturated rings. The molecule has 1 atom stereocenters. The number of rotatable bonds is 8. The molecule has 0 aliphatic heterocycles. The van der Waals surface area contributed by atoms with E-state index in [-0.39, 0.29) is 5.75 Å². The molecular weight excluding hydrogens is 346 g/mol. The standard InChI is InChI=1S/C13H18BrNO4S/c1-2-3-8-12(13(16)17)15-20(18,19)9-10-6-4-5-7-11(10)14/h4-7,12,15H,2-3,8-9H2,1H3,(H,16,17). The molecule has 1 unspecified atom stereocenters. The van der Waals surface area contributed by atoms with E-state index in [9.17, 15) is 13.2 Å². The van der Waals surface area contributed by atoms with Crippen molar-refractivity contribution in [3.63, 3.8) is 0 Å². The monoisotopic (exact) mass is 363 g/mol. The number of aliphatic carboxylic acids is 1. The number of sulfonamides is 1. The fraction of sp³-hybridized carbons (Fsp3) is 0.462. The number of carboxylic acid groups (broad SMARTS) is 1. The van der Waals surface area contributed by atoms with Crippen LogP contribution in [-0.2, 0) is 20.6 Å². The first-order valence-electron chi connectivity index (χ1n) is 6.32. The van der Waals surface area contributed by atoms with Crippen molar-refractivity contribution < 1.29 is 18.3 Å². The van der Waals surface area contributed by atoms with E-state index in [0.29, 0.717) is 22.9 Å². The highest BCUT2D eigenvalue weighted by Crippen LogP contribution is 2.18. The molecule has 0 spiro atoms. The van der Waals surface area contributed by atoms with Gasteiger partial charge in [-0.2, -0.15) is 0 Å². The summed E-state index contributed by atoms with van der Waals surface area (Å²) in [5, 5.41) is 9.05. The van der Waals surface area contributed by atoms with E-state index in [0.717, 1.165) is 6.42 Å². The summed E-state index contributed by atoms with van der Waals surface area (Å²) in [6, 6.07) is 5.89. The molecule has 0 bridgehead atoms. The van der Waals surface area contributed by atoms with Crippen molar-refractivity contribution in [2.24, 2.45) is 0 Å². The van der Waals surface area contributed by atoms with E-state index in [1.165, 1.54) is 0 Å². The largest absolute Gasteiger partial charge is 0.480 e. The predicted octanol–water partition coefficient (Wildman–Crippen LogP) is 2.51. The maximum absolute atomic E-state index is 12.0. The van der Waals surface area contributed by atoms with E-state index in [1.807, 2.05) is 6.92 Å². The van der Waals surface area contributed by atoms with E-state index in [4.69, 9.17) is 5.11 Å². The van der Waals surface area contributed by atoms with Gasteiger partial charge in [0.2, 0.25) is 10.0 Å². The Balaban J connectivity index is 2.78. The number of halogens is 1. The summed E-state index contributed by atoms with van der Waals surface area (Å²) in [5.74, 6) is -1.39. The summed E-state index contributed by atoms with van der Waals surface area (Å²) >= 11 is 3.28. The molecule has 1 aromatic rings. The maximum atomic E-state index is 12.0. The van der Waals surface area contributed by atoms with Crippen LogP contribution in [0.25, 0.3) is 0 Å². The first-order chi connectivity index (χ1) is 9.35. The average molecular weight is 364 g/mol. The summed E-state index contributed by atoms with van der Waals surface area (Å²) in [6.45, 7) is 1.93. The summed E-state index contributed by atoms with van der Waals surface area (Å²) in [7, 11) is -3.69. The molecule has 0 aliphatic carbocycles. The van der Waals surface area contributed by atoms with Gasteiger partial charge < -0.3 is 5.11 Å². The second-order valence-corrected chi connectivity index (χ2v) is 7.11. The van der Waals surface area contributed by atoms with Crippen molar-refractivity contribution in [2.75, 3.05) is 0 Å². The lowest BCUT2D eigenvalue weighted by molar-refractivity contribution is -0.139. The Hall–Kier alpha value is -0.920.